The number of likely N-dealkylation sites (N-methyl/N-ethyl adjacent to an activating group) is 1. The molecule has 0 aromatic heterocycles. The van der Waals surface area contributed by atoms with E-state index in [0.29, 0.717) is 5.96 Å². The molecule has 0 saturated carbocycles. The minimum Gasteiger partial charge on any atom is -0.497 e. The Labute approximate surface area is 127 Å². The number of guanidine groups is 1. The lowest BCUT2D eigenvalue weighted by molar-refractivity contribution is 0.248. The number of hydrogen-bond acceptors (Lipinski definition) is 5. The van der Waals surface area contributed by atoms with Crippen LogP contribution in [0, 0.1) is 0 Å². The maximum absolute atomic E-state index is 6.06. The molecule has 1 heterocycles. The third-order valence-electron chi connectivity index (χ3n) is 4.15. The van der Waals surface area contributed by atoms with Crippen molar-refractivity contribution in [2.24, 2.45) is 10.7 Å². The molecule has 0 radical (unpaired) electrons. The Morgan fingerprint density at radius 3 is 2.52 bits per heavy atom. The topological polar surface area (TPSA) is 54.1 Å². The molecule has 0 aliphatic carbocycles. The van der Waals surface area contributed by atoms with Crippen LogP contribution in [0.4, 0.5) is 0 Å². The Morgan fingerprint density at radius 1 is 1.29 bits per heavy atom. The lowest BCUT2D eigenvalue weighted by Gasteiger charge is -2.29. The first kappa shape index (κ1) is 15.6. The summed E-state index contributed by atoms with van der Waals surface area (Å²) < 4.78 is 5.21. The molecule has 0 fully saturated rings. The van der Waals surface area contributed by atoms with Crippen LogP contribution in [-0.2, 0) is 0 Å². The highest BCUT2D eigenvalue weighted by Crippen LogP contribution is 2.26. The van der Waals surface area contributed by atoms with E-state index in [4.69, 9.17) is 10.5 Å². The molecular weight excluding hydrogens is 264 g/mol. The fraction of sp³-hybridized carbons (Fsp3) is 0.562. The predicted molar refractivity (Wildman–Crippen MR) is 86.7 cm³/mol. The maximum atomic E-state index is 6.06. The van der Waals surface area contributed by atoms with Gasteiger partial charge in [-0.05, 0) is 30.8 Å². The zero-order valence-electron chi connectivity index (χ0n) is 13.2. The second-order valence-corrected chi connectivity index (χ2v) is 5.21. The first-order valence-electron chi connectivity index (χ1n) is 7.62. The molecule has 2 rings (SSSR count). The highest BCUT2D eigenvalue weighted by molar-refractivity contribution is 5.80. The summed E-state index contributed by atoms with van der Waals surface area (Å²) in [7, 11) is 1.68. The largest absolute Gasteiger partial charge is 0.497 e. The van der Waals surface area contributed by atoms with Gasteiger partial charge in [0.15, 0.2) is 5.96 Å². The van der Waals surface area contributed by atoms with Crippen molar-refractivity contribution < 1.29 is 4.74 Å². The van der Waals surface area contributed by atoms with Crippen molar-refractivity contribution in [3.05, 3.63) is 29.8 Å². The molecule has 2 N–H and O–H groups in total. The Bertz CT molecular complexity index is 468. The summed E-state index contributed by atoms with van der Waals surface area (Å²) in [6.07, 6.45) is 0. The summed E-state index contributed by atoms with van der Waals surface area (Å²) in [6.45, 7) is 9.15. The summed E-state index contributed by atoms with van der Waals surface area (Å²) in [5, 5.41) is 0. The van der Waals surface area contributed by atoms with E-state index in [1.165, 1.54) is 5.56 Å². The lowest BCUT2D eigenvalue weighted by atomic mass is 10.1. The number of aliphatic imine (C=N–C) groups is 1. The number of nitrogens with zero attached hydrogens (tertiary/aromatic N) is 3. The molecule has 1 aliphatic rings. The number of methoxy groups -OCH3 is 1. The van der Waals surface area contributed by atoms with E-state index >= 15 is 0 Å². The SMILES string of the molecule is CCN(CC)CCN1C(N)=NCC1c1ccc(OC)cc1. The molecule has 1 aliphatic heterocycles. The van der Waals surface area contributed by atoms with E-state index in [1.807, 2.05) is 12.1 Å². The van der Waals surface area contributed by atoms with Crippen molar-refractivity contribution in [3.63, 3.8) is 0 Å². The van der Waals surface area contributed by atoms with Crippen LogP contribution in [0.15, 0.2) is 29.3 Å². The van der Waals surface area contributed by atoms with E-state index in [0.717, 1.165) is 38.5 Å². The summed E-state index contributed by atoms with van der Waals surface area (Å²) in [6, 6.07) is 8.43. The quantitative estimate of drug-likeness (QED) is 0.830. The average molecular weight is 290 g/mol. The summed E-state index contributed by atoms with van der Waals surface area (Å²) in [5.41, 5.74) is 7.30. The van der Waals surface area contributed by atoms with Crippen LogP contribution in [0.1, 0.15) is 25.5 Å². The van der Waals surface area contributed by atoms with Crippen molar-refractivity contribution in [1.82, 2.24) is 9.80 Å². The van der Waals surface area contributed by atoms with E-state index < -0.39 is 0 Å². The molecular formula is C16H26N4O. The highest BCUT2D eigenvalue weighted by Gasteiger charge is 2.27. The molecule has 0 saturated heterocycles. The van der Waals surface area contributed by atoms with E-state index in [-0.39, 0.29) is 6.04 Å². The highest BCUT2D eigenvalue weighted by atomic mass is 16.5. The number of nitrogens with two attached hydrogens (primary N) is 1. The fourth-order valence-electron chi connectivity index (χ4n) is 2.70. The smallest absolute Gasteiger partial charge is 0.191 e. The zero-order valence-corrected chi connectivity index (χ0v) is 13.2. The van der Waals surface area contributed by atoms with Gasteiger partial charge in [0.25, 0.3) is 0 Å². The van der Waals surface area contributed by atoms with Crippen LogP contribution >= 0.6 is 0 Å². The van der Waals surface area contributed by atoms with Crippen molar-refractivity contribution in [2.45, 2.75) is 19.9 Å². The van der Waals surface area contributed by atoms with Gasteiger partial charge in [0.05, 0.1) is 19.7 Å². The van der Waals surface area contributed by atoms with Crippen molar-refractivity contribution >= 4 is 5.96 Å². The molecule has 5 nitrogen and oxygen atoms in total. The number of hydrogen-bond donors (Lipinski definition) is 1. The molecule has 1 aromatic rings. The Morgan fingerprint density at radius 2 is 1.95 bits per heavy atom. The summed E-state index contributed by atoms with van der Waals surface area (Å²) in [5.74, 6) is 1.53. The van der Waals surface area contributed by atoms with Crippen molar-refractivity contribution in [2.75, 3.05) is 39.8 Å². The Hall–Kier alpha value is -1.75. The van der Waals surface area contributed by atoms with Gasteiger partial charge in [0, 0.05) is 13.1 Å². The standard InChI is InChI=1S/C16H26N4O/c1-4-19(5-2)10-11-20-15(12-18-16(20)17)13-6-8-14(21-3)9-7-13/h6-9,15H,4-5,10-12H2,1-3H3,(H2,17,18). The van der Waals surface area contributed by atoms with Gasteiger partial charge in [-0.3, -0.25) is 4.99 Å². The minimum absolute atomic E-state index is 0.242. The fourth-order valence-corrected chi connectivity index (χ4v) is 2.70. The molecule has 0 spiro atoms. The Balaban J connectivity index is 2.04. The number of ether oxygens (including phenoxy) is 1. The van der Waals surface area contributed by atoms with Gasteiger partial charge in [-0.15, -0.1) is 0 Å². The molecule has 0 bridgehead atoms. The molecule has 1 atom stereocenters. The minimum atomic E-state index is 0.242. The van der Waals surface area contributed by atoms with E-state index in [9.17, 15) is 0 Å². The third-order valence-corrected chi connectivity index (χ3v) is 4.15. The second-order valence-electron chi connectivity index (χ2n) is 5.21. The van der Waals surface area contributed by atoms with Crippen LogP contribution < -0.4 is 10.5 Å². The van der Waals surface area contributed by atoms with Crippen LogP contribution in [0.25, 0.3) is 0 Å². The number of benzene rings is 1. The van der Waals surface area contributed by atoms with Gasteiger partial charge in [-0.25, -0.2) is 0 Å². The molecule has 1 unspecified atom stereocenters. The average Bonchev–Trinajstić information content (AvgIpc) is 2.89. The van der Waals surface area contributed by atoms with Gasteiger partial charge in [0.2, 0.25) is 0 Å². The summed E-state index contributed by atoms with van der Waals surface area (Å²) >= 11 is 0. The van der Waals surface area contributed by atoms with Crippen LogP contribution in [0.3, 0.4) is 0 Å². The van der Waals surface area contributed by atoms with Gasteiger partial charge in [0.1, 0.15) is 5.75 Å². The number of rotatable bonds is 7. The molecule has 0 amide bonds. The first-order valence-corrected chi connectivity index (χ1v) is 7.62. The summed E-state index contributed by atoms with van der Waals surface area (Å²) in [4.78, 5) is 9.03. The van der Waals surface area contributed by atoms with E-state index in [1.54, 1.807) is 7.11 Å². The van der Waals surface area contributed by atoms with Crippen molar-refractivity contribution in [3.8, 4) is 5.75 Å². The van der Waals surface area contributed by atoms with Gasteiger partial charge in [-0.2, -0.15) is 0 Å². The lowest BCUT2D eigenvalue weighted by Crippen LogP contribution is -2.41. The van der Waals surface area contributed by atoms with Gasteiger partial charge < -0.3 is 20.3 Å². The molecule has 21 heavy (non-hydrogen) atoms. The second kappa shape index (κ2) is 7.31. The van der Waals surface area contributed by atoms with Gasteiger partial charge in [-0.1, -0.05) is 26.0 Å². The third kappa shape index (κ3) is 3.67. The predicted octanol–water partition coefficient (Wildman–Crippen LogP) is 1.71. The Kier molecular flexibility index (Phi) is 5.44. The first-order chi connectivity index (χ1) is 10.2. The van der Waals surface area contributed by atoms with E-state index in [2.05, 4.69) is 40.8 Å². The maximum Gasteiger partial charge on any atom is 0.191 e. The monoisotopic (exact) mass is 290 g/mol. The molecule has 116 valence electrons. The zero-order chi connectivity index (χ0) is 15.2. The van der Waals surface area contributed by atoms with Crippen LogP contribution in [0.5, 0.6) is 5.75 Å². The van der Waals surface area contributed by atoms with Crippen LogP contribution in [-0.4, -0.2) is 55.6 Å². The van der Waals surface area contributed by atoms with Gasteiger partial charge >= 0.3 is 0 Å². The molecule has 5 heteroatoms. The van der Waals surface area contributed by atoms with Crippen LogP contribution in [0.2, 0.25) is 0 Å². The molecule has 1 aromatic carbocycles. The van der Waals surface area contributed by atoms with Crippen molar-refractivity contribution in [1.29, 1.82) is 0 Å². The normalized spacial score (nSPS) is 18.2.